The Morgan fingerprint density at radius 2 is 1.88 bits per heavy atom. The number of nitrogens with one attached hydrogen (secondary N) is 1. The molecule has 0 bridgehead atoms. The lowest BCUT2D eigenvalue weighted by Crippen LogP contribution is -2.28. The summed E-state index contributed by atoms with van der Waals surface area (Å²) in [5, 5.41) is 2.49. The highest BCUT2D eigenvalue weighted by atomic mass is 19.4. The molecule has 0 atom stereocenters. The smallest absolute Gasteiger partial charge is 0.417 e. The predicted octanol–water partition coefficient (Wildman–Crippen LogP) is 4.21. The third-order valence-electron chi connectivity index (χ3n) is 3.34. The van der Waals surface area contributed by atoms with Crippen molar-refractivity contribution in [3.05, 3.63) is 65.2 Å². The van der Waals surface area contributed by atoms with Crippen LogP contribution in [0.3, 0.4) is 0 Å². The highest BCUT2D eigenvalue weighted by Crippen LogP contribution is 2.31. The van der Waals surface area contributed by atoms with Crippen LogP contribution in [0.25, 0.3) is 0 Å². The van der Waals surface area contributed by atoms with Crippen LogP contribution in [-0.4, -0.2) is 19.1 Å². The zero-order valence-corrected chi connectivity index (χ0v) is 13.2. The van der Waals surface area contributed by atoms with E-state index >= 15 is 0 Å². The summed E-state index contributed by atoms with van der Waals surface area (Å²) in [5.74, 6) is -0.0118. The minimum atomic E-state index is -4.55. The van der Waals surface area contributed by atoms with E-state index in [1.165, 1.54) is 18.2 Å². The topological polar surface area (TPSA) is 38.3 Å². The van der Waals surface area contributed by atoms with Crippen LogP contribution in [0.5, 0.6) is 5.75 Å². The van der Waals surface area contributed by atoms with Gasteiger partial charge in [0.2, 0.25) is 0 Å². The van der Waals surface area contributed by atoms with Crippen LogP contribution in [0.15, 0.2) is 48.5 Å². The molecule has 3 nitrogen and oxygen atoms in total. The minimum Gasteiger partial charge on any atom is -0.494 e. The van der Waals surface area contributed by atoms with E-state index in [9.17, 15) is 18.0 Å². The number of hydrogen-bond donors (Lipinski definition) is 1. The molecule has 1 amide bonds. The monoisotopic (exact) mass is 337 g/mol. The lowest BCUT2D eigenvalue weighted by molar-refractivity contribution is -0.137. The molecule has 2 aromatic carbocycles. The predicted molar refractivity (Wildman–Crippen MR) is 85.1 cm³/mol. The van der Waals surface area contributed by atoms with Gasteiger partial charge in [0.15, 0.2) is 0 Å². The van der Waals surface area contributed by atoms with E-state index in [4.69, 9.17) is 4.74 Å². The molecule has 2 aromatic rings. The first-order chi connectivity index (χ1) is 11.4. The Morgan fingerprint density at radius 1 is 1.12 bits per heavy atom. The molecule has 0 radical (unpaired) electrons. The Balaban J connectivity index is 1.82. The zero-order valence-electron chi connectivity index (χ0n) is 13.2. The van der Waals surface area contributed by atoms with Gasteiger partial charge in [0, 0.05) is 6.54 Å². The molecular weight excluding hydrogens is 319 g/mol. The Labute approximate surface area is 138 Å². The number of alkyl halides is 3. The molecule has 0 spiro atoms. The van der Waals surface area contributed by atoms with Gasteiger partial charge in [-0.3, -0.25) is 4.79 Å². The number of rotatable bonds is 6. The molecule has 0 aliphatic rings. The fraction of sp³-hybridized carbons (Fsp3) is 0.278. The van der Waals surface area contributed by atoms with Crippen molar-refractivity contribution in [2.24, 2.45) is 0 Å². The molecule has 24 heavy (non-hydrogen) atoms. The van der Waals surface area contributed by atoms with Crippen molar-refractivity contribution < 1.29 is 22.7 Å². The Hall–Kier alpha value is -2.50. The van der Waals surface area contributed by atoms with Crippen molar-refractivity contribution in [3.63, 3.8) is 0 Å². The zero-order chi connectivity index (χ0) is 17.6. The van der Waals surface area contributed by atoms with Crippen LogP contribution >= 0.6 is 0 Å². The van der Waals surface area contributed by atoms with Gasteiger partial charge in [-0.15, -0.1) is 0 Å². The van der Waals surface area contributed by atoms with Crippen LogP contribution in [0.1, 0.15) is 27.9 Å². The molecule has 6 heteroatoms. The van der Waals surface area contributed by atoms with Crippen molar-refractivity contribution in [1.29, 1.82) is 0 Å². The average Bonchev–Trinajstić information content (AvgIpc) is 2.53. The van der Waals surface area contributed by atoms with Gasteiger partial charge in [0.1, 0.15) is 5.75 Å². The largest absolute Gasteiger partial charge is 0.494 e. The van der Waals surface area contributed by atoms with Crippen molar-refractivity contribution >= 4 is 5.91 Å². The van der Waals surface area contributed by atoms with Gasteiger partial charge < -0.3 is 10.1 Å². The summed E-state index contributed by atoms with van der Waals surface area (Å²) >= 11 is 0. The van der Waals surface area contributed by atoms with Gasteiger partial charge in [-0.1, -0.05) is 24.3 Å². The molecule has 0 unspecified atom stereocenters. The number of benzene rings is 2. The summed E-state index contributed by atoms with van der Waals surface area (Å²) in [6.45, 7) is 2.55. The van der Waals surface area contributed by atoms with Crippen molar-refractivity contribution in [2.45, 2.75) is 19.5 Å². The van der Waals surface area contributed by atoms with E-state index < -0.39 is 17.6 Å². The van der Waals surface area contributed by atoms with Gasteiger partial charge in [-0.2, -0.15) is 13.2 Å². The van der Waals surface area contributed by atoms with Crippen molar-refractivity contribution in [3.8, 4) is 5.75 Å². The molecule has 0 saturated carbocycles. The van der Waals surface area contributed by atoms with Crippen LogP contribution in [0.4, 0.5) is 13.2 Å². The summed E-state index contributed by atoms with van der Waals surface area (Å²) in [7, 11) is 0. The molecule has 128 valence electrons. The SMILES string of the molecule is Cc1cccc(OCCCNC(=O)c2ccccc2C(F)(F)F)c1. The number of ether oxygens (including phenoxy) is 1. The first kappa shape index (κ1) is 17.8. The lowest BCUT2D eigenvalue weighted by atomic mass is 10.1. The summed E-state index contributed by atoms with van der Waals surface area (Å²) in [6, 6.07) is 12.3. The number of carbonyl (C=O) groups excluding carboxylic acids is 1. The Kier molecular flexibility index (Phi) is 5.84. The van der Waals surface area contributed by atoms with Crippen LogP contribution in [0.2, 0.25) is 0 Å². The van der Waals surface area contributed by atoms with Gasteiger partial charge in [0.05, 0.1) is 17.7 Å². The van der Waals surface area contributed by atoms with Gasteiger partial charge in [0.25, 0.3) is 5.91 Å². The van der Waals surface area contributed by atoms with E-state index in [1.54, 1.807) is 0 Å². The molecule has 0 saturated heterocycles. The van der Waals surface area contributed by atoms with E-state index in [2.05, 4.69) is 5.32 Å². The maximum absolute atomic E-state index is 12.9. The number of amides is 1. The van der Waals surface area contributed by atoms with Gasteiger partial charge in [-0.05, 0) is 43.2 Å². The summed E-state index contributed by atoms with van der Waals surface area (Å²) < 4.78 is 44.1. The van der Waals surface area contributed by atoms with E-state index in [-0.39, 0.29) is 12.1 Å². The Morgan fingerprint density at radius 3 is 2.58 bits per heavy atom. The van der Waals surface area contributed by atoms with E-state index in [1.807, 2.05) is 31.2 Å². The molecule has 2 rings (SSSR count). The molecular formula is C18H18F3NO2. The highest BCUT2D eigenvalue weighted by Gasteiger charge is 2.34. The van der Waals surface area contributed by atoms with Gasteiger partial charge in [-0.25, -0.2) is 0 Å². The van der Waals surface area contributed by atoms with Crippen LogP contribution in [0, 0.1) is 6.92 Å². The summed E-state index contributed by atoms with van der Waals surface area (Å²) in [6.07, 6.45) is -4.06. The third-order valence-corrected chi connectivity index (χ3v) is 3.34. The van der Waals surface area contributed by atoms with Crippen LogP contribution < -0.4 is 10.1 Å². The summed E-state index contributed by atoms with van der Waals surface area (Å²) in [5.41, 5.74) is -0.229. The Bertz CT molecular complexity index is 699. The molecule has 1 N–H and O–H groups in total. The number of aryl methyl sites for hydroxylation is 1. The molecule has 0 aromatic heterocycles. The molecule has 0 aliphatic carbocycles. The number of carbonyl (C=O) groups is 1. The van der Waals surface area contributed by atoms with E-state index in [0.717, 1.165) is 17.4 Å². The van der Waals surface area contributed by atoms with Gasteiger partial charge >= 0.3 is 6.18 Å². The second-order valence-corrected chi connectivity index (χ2v) is 5.32. The number of halogens is 3. The van der Waals surface area contributed by atoms with Crippen LogP contribution in [-0.2, 0) is 6.18 Å². The molecule has 0 fully saturated rings. The second kappa shape index (κ2) is 7.86. The fourth-order valence-corrected chi connectivity index (χ4v) is 2.19. The maximum Gasteiger partial charge on any atom is 0.417 e. The fourth-order valence-electron chi connectivity index (χ4n) is 2.19. The number of hydrogen-bond acceptors (Lipinski definition) is 2. The maximum atomic E-state index is 12.9. The quantitative estimate of drug-likeness (QED) is 0.802. The summed E-state index contributed by atoms with van der Waals surface area (Å²) in [4.78, 5) is 11.9. The minimum absolute atomic E-state index is 0.233. The lowest BCUT2D eigenvalue weighted by Gasteiger charge is -2.12. The van der Waals surface area contributed by atoms with Crippen molar-refractivity contribution in [2.75, 3.05) is 13.2 Å². The second-order valence-electron chi connectivity index (χ2n) is 5.32. The normalized spacial score (nSPS) is 11.2. The standard InChI is InChI=1S/C18H18F3NO2/c1-13-6-4-7-14(12-13)24-11-5-10-22-17(23)15-8-2-3-9-16(15)18(19,20)21/h2-4,6-9,12H,5,10-11H2,1H3,(H,22,23). The molecule has 0 aliphatic heterocycles. The molecule has 0 heterocycles. The first-order valence-corrected chi connectivity index (χ1v) is 7.52. The highest BCUT2D eigenvalue weighted by molar-refractivity contribution is 5.95. The average molecular weight is 337 g/mol. The third kappa shape index (κ3) is 5.01. The van der Waals surface area contributed by atoms with Crippen molar-refractivity contribution in [1.82, 2.24) is 5.32 Å². The first-order valence-electron chi connectivity index (χ1n) is 7.52. The van der Waals surface area contributed by atoms with E-state index in [0.29, 0.717) is 13.0 Å².